The molecule has 0 bridgehead atoms. The standard InChI is InChI=1S/C17H16N2O2/c1-11-8-14-15(9-12(11)2)19(10-18-14)16(17(20)21)13-6-4-3-5-7-13/h3-10,16H,1-2H3,(H,20,21). The first kappa shape index (κ1) is 13.4. The molecule has 106 valence electrons. The lowest BCUT2D eigenvalue weighted by Gasteiger charge is -2.16. The number of carbonyl (C=O) groups is 1. The van der Waals surface area contributed by atoms with E-state index in [4.69, 9.17) is 0 Å². The van der Waals surface area contributed by atoms with Crippen LogP contribution in [0.3, 0.4) is 0 Å². The highest BCUT2D eigenvalue weighted by atomic mass is 16.4. The van der Waals surface area contributed by atoms with E-state index in [0.717, 1.165) is 27.7 Å². The summed E-state index contributed by atoms with van der Waals surface area (Å²) in [5.74, 6) is -0.890. The third-order valence-electron chi connectivity index (χ3n) is 3.82. The molecule has 0 saturated heterocycles. The molecular weight excluding hydrogens is 264 g/mol. The van der Waals surface area contributed by atoms with Crippen LogP contribution in [-0.2, 0) is 4.79 Å². The largest absolute Gasteiger partial charge is 0.479 e. The molecular formula is C17H16N2O2. The van der Waals surface area contributed by atoms with Gasteiger partial charge in [0.25, 0.3) is 0 Å². The van der Waals surface area contributed by atoms with Crippen LogP contribution in [0, 0.1) is 13.8 Å². The van der Waals surface area contributed by atoms with Gasteiger partial charge in [-0.3, -0.25) is 0 Å². The number of rotatable bonds is 3. The van der Waals surface area contributed by atoms with Gasteiger partial charge in [0, 0.05) is 0 Å². The van der Waals surface area contributed by atoms with Crippen molar-refractivity contribution in [2.45, 2.75) is 19.9 Å². The number of imidazole rings is 1. The van der Waals surface area contributed by atoms with Crippen molar-refractivity contribution in [3.05, 3.63) is 65.5 Å². The summed E-state index contributed by atoms with van der Waals surface area (Å²) >= 11 is 0. The predicted molar refractivity (Wildman–Crippen MR) is 81.4 cm³/mol. The van der Waals surface area contributed by atoms with Crippen molar-refractivity contribution in [2.75, 3.05) is 0 Å². The molecule has 1 atom stereocenters. The van der Waals surface area contributed by atoms with Gasteiger partial charge in [-0.25, -0.2) is 9.78 Å². The maximum absolute atomic E-state index is 11.7. The van der Waals surface area contributed by atoms with Crippen molar-refractivity contribution in [1.82, 2.24) is 9.55 Å². The average molecular weight is 280 g/mol. The summed E-state index contributed by atoms with van der Waals surface area (Å²) in [6.07, 6.45) is 1.61. The molecule has 0 saturated carbocycles. The zero-order chi connectivity index (χ0) is 15.0. The second-order valence-electron chi connectivity index (χ2n) is 5.23. The lowest BCUT2D eigenvalue weighted by molar-refractivity contribution is -0.139. The van der Waals surface area contributed by atoms with Crippen molar-refractivity contribution >= 4 is 17.0 Å². The number of hydrogen-bond acceptors (Lipinski definition) is 2. The Hall–Kier alpha value is -2.62. The van der Waals surface area contributed by atoms with Crippen LogP contribution >= 0.6 is 0 Å². The summed E-state index contributed by atoms with van der Waals surface area (Å²) < 4.78 is 1.72. The zero-order valence-corrected chi connectivity index (χ0v) is 11.9. The van der Waals surface area contributed by atoms with Crippen LogP contribution < -0.4 is 0 Å². The van der Waals surface area contributed by atoms with Crippen LogP contribution in [-0.4, -0.2) is 20.6 Å². The maximum Gasteiger partial charge on any atom is 0.331 e. The summed E-state index contributed by atoms with van der Waals surface area (Å²) in [7, 11) is 0. The fourth-order valence-corrected chi connectivity index (χ4v) is 2.55. The van der Waals surface area contributed by atoms with Crippen LogP contribution in [0.15, 0.2) is 48.8 Å². The Labute approximate surface area is 122 Å². The van der Waals surface area contributed by atoms with E-state index in [0.29, 0.717) is 0 Å². The second kappa shape index (κ2) is 5.05. The molecule has 21 heavy (non-hydrogen) atoms. The van der Waals surface area contributed by atoms with E-state index in [1.54, 1.807) is 10.9 Å². The third kappa shape index (κ3) is 2.29. The van der Waals surface area contributed by atoms with Crippen molar-refractivity contribution in [3.8, 4) is 0 Å². The Morgan fingerprint density at radius 3 is 2.48 bits per heavy atom. The first-order valence-corrected chi connectivity index (χ1v) is 6.79. The molecule has 3 rings (SSSR count). The number of carboxylic acid groups (broad SMARTS) is 1. The minimum absolute atomic E-state index is 0.738. The van der Waals surface area contributed by atoms with Gasteiger partial charge >= 0.3 is 5.97 Å². The van der Waals surface area contributed by atoms with Gasteiger partial charge in [0.15, 0.2) is 6.04 Å². The van der Waals surface area contributed by atoms with Gasteiger partial charge in [-0.2, -0.15) is 0 Å². The van der Waals surface area contributed by atoms with Crippen molar-refractivity contribution in [1.29, 1.82) is 0 Å². The molecule has 0 fully saturated rings. The van der Waals surface area contributed by atoms with E-state index in [1.807, 2.05) is 56.3 Å². The topological polar surface area (TPSA) is 55.1 Å². The van der Waals surface area contributed by atoms with Gasteiger partial charge in [-0.15, -0.1) is 0 Å². The zero-order valence-electron chi connectivity index (χ0n) is 11.9. The number of aliphatic carboxylic acids is 1. The average Bonchev–Trinajstić information content (AvgIpc) is 2.83. The molecule has 1 aromatic heterocycles. The van der Waals surface area contributed by atoms with Crippen molar-refractivity contribution < 1.29 is 9.90 Å². The number of aryl methyl sites for hydroxylation is 2. The summed E-state index contributed by atoms with van der Waals surface area (Å²) in [5.41, 5.74) is 4.68. The number of aromatic nitrogens is 2. The monoisotopic (exact) mass is 280 g/mol. The summed E-state index contributed by atoms with van der Waals surface area (Å²) in [6.45, 7) is 4.05. The molecule has 1 heterocycles. The van der Waals surface area contributed by atoms with E-state index in [1.165, 1.54) is 0 Å². The Bertz CT molecular complexity index is 806. The third-order valence-corrected chi connectivity index (χ3v) is 3.82. The maximum atomic E-state index is 11.7. The Morgan fingerprint density at radius 2 is 1.81 bits per heavy atom. The number of fused-ring (bicyclic) bond motifs is 1. The smallest absolute Gasteiger partial charge is 0.331 e. The summed E-state index contributed by atoms with van der Waals surface area (Å²) in [4.78, 5) is 16.1. The number of hydrogen-bond donors (Lipinski definition) is 1. The van der Waals surface area contributed by atoms with Gasteiger partial charge < -0.3 is 9.67 Å². The Kier molecular flexibility index (Phi) is 3.22. The minimum atomic E-state index is -0.890. The molecule has 4 heteroatoms. The normalized spacial score (nSPS) is 12.5. The molecule has 0 aliphatic carbocycles. The van der Waals surface area contributed by atoms with Crippen LogP contribution in [0.2, 0.25) is 0 Å². The Balaban J connectivity index is 2.21. The molecule has 4 nitrogen and oxygen atoms in total. The molecule has 1 unspecified atom stereocenters. The van der Waals surface area contributed by atoms with Gasteiger partial charge in [0.2, 0.25) is 0 Å². The lowest BCUT2D eigenvalue weighted by atomic mass is 10.1. The Morgan fingerprint density at radius 1 is 1.14 bits per heavy atom. The van der Waals surface area contributed by atoms with Crippen LogP contribution in [0.25, 0.3) is 11.0 Å². The fourth-order valence-electron chi connectivity index (χ4n) is 2.55. The van der Waals surface area contributed by atoms with Crippen LogP contribution in [0.1, 0.15) is 22.7 Å². The number of nitrogens with zero attached hydrogens (tertiary/aromatic N) is 2. The molecule has 0 spiro atoms. The molecule has 1 N–H and O–H groups in total. The first-order valence-electron chi connectivity index (χ1n) is 6.79. The van der Waals surface area contributed by atoms with E-state index >= 15 is 0 Å². The van der Waals surface area contributed by atoms with Gasteiger partial charge in [-0.05, 0) is 42.7 Å². The van der Waals surface area contributed by atoms with E-state index < -0.39 is 12.0 Å². The van der Waals surface area contributed by atoms with Gasteiger partial charge in [0.05, 0.1) is 17.4 Å². The quantitative estimate of drug-likeness (QED) is 0.800. The molecule has 2 aromatic carbocycles. The molecule has 0 radical (unpaired) electrons. The predicted octanol–water partition coefficient (Wildman–Crippen LogP) is 3.33. The van der Waals surface area contributed by atoms with Crippen molar-refractivity contribution in [2.24, 2.45) is 0 Å². The van der Waals surface area contributed by atoms with Gasteiger partial charge in [0.1, 0.15) is 0 Å². The summed E-state index contributed by atoms with van der Waals surface area (Å²) in [5, 5.41) is 9.63. The molecule has 3 aromatic rings. The lowest BCUT2D eigenvalue weighted by Crippen LogP contribution is -2.19. The van der Waals surface area contributed by atoms with E-state index in [2.05, 4.69) is 4.98 Å². The van der Waals surface area contributed by atoms with E-state index in [-0.39, 0.29) is 0 Å². The number of carboxylic acids is 1. The molecule has 0 amide bonds. The summed E-state index contributed by atoms with van der Waals surface area (Å²) in [6, 6.07) is 12.4. The van der Waals surface area contributed by atoms with Crippen LogP contribution in [0.5, 0.6) is 0 Å². The highest BCUT2D eigenvalue weighted by Gasteiger charge is 2.23. The van der Waals surface area contributed by atoms with Gasteiger partial charge in [-0.1, -0.05) is 30.3 Å². The SMILES string of the molecule is Cc1cc2ncn(C(C(=O)O)c3ccccc3)c2cc1C. The molecule has 0 aliphatic heterocycles. The number of benzene rings is 2. The highest BCUT2D eigenvalue weighted by Crippen LogP contribution is 2.26. The highest BCUT2D eigenvalue weighted by molar-refractivity contribution is 5.82. The van der Waals surface area contributed by atoms with E-state index in [9.17, 15) is 9.90 Å². The van der Waals surface area contributed by atoms with Crippen LogP contribution in [0.4, 0.5) is 0 Å². The first-order chi connectivity index (χ1) is 10.1. The molecule has 0 aliphatic rings. The fraction of sp³-hybridized carbons (Fsp3) is 0.176. The second-order valence-corrected chi connectivity index (χ2v) is 5.23. The minimum Gasteiger partial charge on any atom is -0.479 e. The van der Waals surface area contributed by atoms with Crippen molar-refractivity contribution in [3.63, 3.8) is 0 Å².